The zero-order valence-electron chi connectivity index (χ0n) is 11.5. The predicted molar refractivity (Wildman–Crippen MR) is 78.1 cm³/mol. The van der Waals surface area contributed by atoms with Crippen LogP contribution >= 0.6 is 0 Å². The molecule has 2 aromatic heterocycles. The number of aromatic nitrogens is 6. The molecule has 0 radical (unpaired) electrons. The van der Waals surface area contributed by atoms with Gasteiger partial charge in [0.1, 0.15) is 5.82 Å². The molecule has 3 N–H and O–H groups in total. The third kappa shape index (κ3) is 3.14. The fourth-order valence-electron chi connectivity index (χ4n) is 2.07. The standard InChI is InChI=1S/C13H13N7O2/c21-11(16-13-17-19-20-18-13)7-3-6-10-14-9-5-2-1-4-8(9)12(22)15-10/h1-2,4-5H,3,6-7H2,(H,14,15,22)(H2,16,17,18,19,20,21). The third-order valence-corrected chi connectivity index (χ3v) is 3.08. The van der Waals surface area contributed by atoms with Gasteiger partial charge >= 0.3 is 0 Å². The highest BCUT2D eigenvalue weighted by molar-refractivity contribution is 5.88. The summed E-state index contributed by atoms with van der Waals surface area (Å²) in [6, 6.07) is 7.14. The summed E-state index contributed by atoms with van der Waals surface area (Å²) >= 11 is 0. The Morgan fingerprint density at radius 1 is 1.27 bits per heavy atom. The highest BCUT2D eigenvalue weighted by Crippen LogP contribution is 2.07. The topological polar surface area (TPSA) is 129 Å². The molecule has 0 saturated carbocycles. The molecule has 0 bridgehead atoms. The maximum Gasteiger partial charge on any atom is 0.269 e. The van der Waals surface area contributed by atoms with Crippen molar-refractivity contribution < 1.29 is 4.79 Å². The lowest BCUT2D eigenvalue weighted by Gasteiger charge is -2.03. The summed E-state index contributed by atoms with van der Waals surface area (Å²) in [5.41, 5.74) is 0.481. The van der Waals surface area contributed by atoms with Crippen LogP contribution in [0.5, 0.6) is 0 Å². The number of nitrogens with one attached hydrogen (secondary N) is 3. The van der Waals surface area contributed by atoms with Crippen LogP contribution in [0.4, 0.5) is 5.95 Å². The molecule has 0 fully saturated rings. The minimum atomic E-state index is -0.218. The highest BCUT2D eigenvalue weighted by atomic mass is 16.1. The third-order valence-electron chi connectivity index (χ3n) is 3.08. The fraction of sp³-hybridized carbons (Fsp3) is 0.231. The first kappa shape index (κ1) is 13.9. The van der Waals surface area contributed by atoms with Gasteiger partial charge in [0.2, 0.25) is 5.91 Å². The van der Waals surface area contributed by atoms with Crippen molar-refractivity contribution in [2.24, 2.45) is 0 Å². The van der Waals surface area contributed by atoms with Crippen LogP contribution in [0.15, 0.2) is 29.1 Å². The largest absolute Gasteiger partial charge is 0.310 e. The number of carbonyl (C=O) groups excluding carboxylic acids is 1. The predicted octanol–water partition coefficient (Wildman–Crippen LogP) is 0.398. The maximum absolute atomic E-state index is 11.9. The molecule has 1 amide bonds. The van der Waals surface area contributed by atoms with Gasteiger partial charge < -0.3 is 4.98 Å². The second kappa shape index (κ2) is 6.12. The number of hydrogen-bond acceptors (Lipinski definition) is 6. The molecule has 0 aliphatic heterocycles. The van der Waals surface area contributed by atoms with Gasteiger partial charge in [0.15, 0.2) is 0 Å². The number of tetrazole rings is 1. The molecule has 0 unspecified atom stereocenters. The van der Waals surface area contributed by atoms with E-state index in [-0.39, 0.29) is 23.8 Å². The first-order valence-corrected chi connectivity index (χ1v) is 6.73. The number of anilines is 1. The average molecular weight is 299 g/mol. The maximum atomic E-state index is 11.9. The van der Waals surface area contributed by atoms with Crippen LogP contribution < -0.4 is 10.9 Å². The quantitative estimate of drug-likeness (QED) is 0.625. The van der Waals surface area contributed by atoms with Gasteiger partial charge in [-0.1, -0.05) is 17.2 Å². The summed E-state index contributed by atoms with van der Waals surface area (Å²) in [5.74, 6) is 0.489. The van der Waals surface area contributed by atoms with Gasteiger partial charge in [0.05, 0.1) is 10.9 Å². The smallest absolute Gasteiger partial charge is 0.269 e. The second-order valence-corrected chi connectivity index (χ2v) is 4.67. The Hall–Kier alpha value is -3.10. The molecule has 3 rings (SSSR count). The molecular formula is C13H13N7O2. The van der Waals surface area contributed by atoms with Crippen LogP contribution in [0.3, 0.4) is 0 Å². The van der Waals surface area contributed by atoms with Gasteiger partial charge in [-0.05, 0) is 23.8 Å². The number of carbonyl (C=O) groups is 1. The van der Waals surface area contributed by atoms with Crippen molar-refractivity contribution in [2.75, 3.05) is 5.32 Å². The van der Waals surface area contributed by atoms with Crippen molar-refractivity contribution in [3.8, 4) is 0 Å². The van der Waals surface area contributed by atoms with E-state index in [1.54, 1.807) is 18.2 Å². The number of rotatable bonds is 5. The Balaban J connectivity index is 1.60. The van der Waals surface area contributed by atoms with Crippen LogP contribution in [0.1, 0.15) is 18.7 Å². The number of fused-ring (bicyclic) bond motifs is 1. The van der Waals surface area contributed by atoms with Crippen LogP contribution in [-0.4, -0.2) is 36.5 Å². The van der Waals surface area contributed by atoms with E-state index < -0.39 is 0 Å². The summed E-state index contributed by atoms with van der Waals surface area (Å²) in [4.78, 5) is 30.7. The number of aryl methyl sites for hydroxylation is 1. The molecule has 22 heavy (non-hydrogen) atoms. The molecule has 9 heteroatoms. The van der Waals surface area contributed by atoms with Gasteiger partial charge in [-0.2, -0.15) is 5.21 Å². The van der Waals surface area contributed by atoms with Crippen molar-refractivity contribution in [1.29, 1.82) is 0 Å². The lowest BCUT2D eigenvalue weighted by atomic mass is 10.2. The number of amides is 1. The van der Waals surface area contributed by atoms with E-state index in [1.807, 2.05) is 6.07 Å². The summed E-state index contributed by atoms with van der Waals surface area (Å²) < 4.78 is 0. The van der Waals surface area contributed by atoms with E-state index in [9.17, 15) is 9.59 Å². The molecule has 3 aromatic rings. The molecule has 0 aliphatic rings. The Kier molecular flexibility index (Phi) is 3.86. The van der Waals surface area contributed by atoms with Gasteiger partial charge in [-0.3, -0.25) is 14.9 Å². The van der Waals surface area contributed by atoms with Gasteiger partial charge in [-0.25, -0.2) is 4.98 Å². The zero-order chi connectivity index (χ0) is 15.4. The number of aromatic amines is 2. The molecule has 0 saturated heterocycles. The minimum absolute atomic E-state index is 0.141. The average Bonchev–Trinajstić information content (AvgIpc) is 3.00. The zero-order valence-corrected chi connectivity index (χ0v) is 11.5. The molecule has 0 atom stereocenters. The van der Waals surface area contributed by atoms with Crippen molar-refractivity contribution in [2.45, 2.75) is 19.3 Å². The summed E-state index contributed by atoms with van der Waals surface area (Å²) in [6.07, 6.45) is 1.32. The van der Waals surface area contributed by atoms with Crippen LogP contribution in [0, 0.1) is 0 Å². The monoisotopic (exact) mass is 299 g/mol. The second-order valence-electron chi connectivity index (χ2n) is 4.67. The molecular weight excluding hydrogens is 286 g/mol. The Labute approximate surface area is 124 Å². The van der Waals surface area contributed by atoms with Gasteiger partial charge in [0, 0.05) is 12.8 Å². The summed E-state index contributed by atoms with van der Waals surface area (Å²) in [7, 11) is 0. The molecule has 9 nitrogen and oxygen atoms in total. The highest BCUT2D eigenvalue weighted by Gasteiger charge is 2.07. The Bertz CT molecular complexity index is 841. The Morgan fingerprint density at radius 3 is 2.95 bits per heavy atom. The molecule has 1 aromatic carbocycles. The van der Waals surface area contributed by atoms with E-state index in [0.29, 0.717) is 29.6 Å². The molecule has 0 aliphatic carbocycles. The lowest BCUT2D eigenvalue weighted by Crippen LogP contribution is -2.14. The molecule has 0 spiro atoms. The first-order chi connectivity index (χ1) is 10.7. The molecule has 112 valence electrons. The van der Waals surface area contributed by atoms with E-state index in [1.165, 1.54) is 0 Å². The van der Waals surface area contributed by atoms with Crippen molar-refractivity contribution in [3.05, 3.63) is 40.4 Å². The van der Waals surface area contributed by atoms with Crippen molar-refractivity contribution >= 4 is 22.8 Å². The van der Waals surface area contributed by atoms with E-state index in [4.69, 9.17) is 0 Å². The summed E-state index contributed by atoms with van der Waals surface area (Å²) in [5, 5.41) is 15.9. The van der Waals surface area contributed by atoms with Crippen LogP contribution in [-0.2, 0) is 11.2 Å². The molecule has 2 heterocycles. The summed E-state index contributed by atoms with van der Waals surface area (Å²) in [6.45, 7) is 0. The van der Waals surface area contributed by atoms with E-state index >= 15 is 0 Å². The lowest BCUT2D eigenvalue weighted by molar-refractivity contribution is -0.116. The van der Waals surface area contributed by atoms with Gasteiger partial charge in [-0.15, -0.1) is 5.10 Å². The van der Waals surface area contributed by atoms with E-state index in [2.05, 4.69) is 35.9 Å². The van der Waals surface area contributed by atoms with Crippen LogP contribution in [0.25, 0.3) is 10.9 Å². The fourth-order valence-corrected chi connectivity index (χ4v) is 2.07. The number of hydrogen-bond donors (Lipinski definition) is 3. The number of nitrogens with zero attached hydrogens (tertiary/aromatic N) is 4. The number of para-hydroxylation sites is 1. The van der Waals surface area contributed by atoms with Crippen molar-refractivity contribution in [3.63, 3.8) is 0 Å². The minimum Gasteiger partial charge on any atom is -0.310 e. The van der Waals surface area contributed by atoms with Gasteiger partial charge in [0.25, 0.3) is 11.5 Å². The first-order valence-electron chi connectivity index (χ1n) is 6.73. The van der Waals surface area contributed by atoms with E-state index in [0.717, 1.165) is 0 Å². The number of benzene rings is 1. The van der Waals surface area contributed by atoms with Crippen LogP contribution in [0.2, 0.25) is 0 Å². The SMILES string of the molecule is O=C(CCCc1nc2ccccc2c(=O)[nH]1)Nc1nn[nH]n1. The Morgan fingerprint density at radius 2 is 2.14 bits per heavy atom. The number of H-pyrrole nitrogens is 2. The normalized spacial score (nSPS) is 10.7. The van der Waals surface area contributed by atoms with Crippen molar-refractivity contribution in [1.82, 2.24) is 30.6 Å².